The van der Waals surface area contributed by atoms with E-state index in [4.69, 9.17) is 82.5 Å². The van der Waals surface area contributed by atoms with Crippen molar-refractivity contribution in [2.24, 2.45) is 0 Å². The molecule has 0 aliphatic carbocycles. The second-order valence-electron chi connectivity index (χ2n) is 40.4. The number of aliphatic hydroxyl groups excluding tert-OH is 5. The van der Waals surface area contributed by atoms with Gasteiger partial charge in [-0.25, -0.2) is 11.2 Å². The summed E-state index contributed by atoms with van der Waals surface area (Å²) < 4.78 is 139. The third-order valence-corrected chi connectivity index (χ3v) is 47.0. The van der Waals surface area contributed by atoms with Gasteiger partial charge in [-0.3, -0.25) is 77.1 Å². The molecular formula is C103H190ClFN8NaO30PSi3. The maximum Gasteiger partial charge on any atom is 1.00 e. The van der Waals surface area contributed by atoms with Gasteiger partial charge in [0.2, 0.25) is 40.4 Å². The van der Waals surface area contributed by atoms with Crippen molar-refractivity contribution >= 4 is 104 Å². The molecule has 38 nitrogen and oxygen atoms in total. The Balaban J connectivity index is -0.000000886. The van der Waals surface area contributed by atoms with Crippen molar-refractivity contribution < 1.29 is 184 Å². The Hall–Kier alpha value is -4.69. The number of hydrogen-bond acceptors (Lipinski definition) is 32. The number of halogens is 2. The summed E-state index contributed by atoms with van der Waals surface area (Å²) >= 11 is 3.89. The molecule has 11 atom stereocenters. The molecule has 1 unspecified atom stereocenters. The maximum atomic E-state index is 12.3. The largest absolute Gasteiger partial charge is 1.00 e. The number of allylic oxidation sites excluding steroid dienone is 5. The molecule has 0 aromatic carbocycles. The van der Waals surface area contributed by atoms with Gasteiger partial charge in [0.15, 0.2) is 78.8 Å². The van der Waals surface area contributed by atoms with Gasteiger partial charge in [-0.2, -0.15) is 0 Å². The van der Waals surface area contributed by atoms with Crippen molar-refractivity contribution in [3.8, 4) is 0 Å². The van der Waals surface area contributed by atoms with Crippen LogP contribution in [0.3, 0.4) is 0 Å². The van der Waals surface area contributed by atoms with E-state index >= 15 is 0 Å². The molecule has 10 heterocycles. The third-order valence-electron chi connectivity index (χ3n) is 26.8. The molecular weight excluding hydrogens is 2020 g/mol. The molecule has 0 spiro atoms. The number of carbonyl (C=O) groups is 10. The Morgan fingerprint density at radius 1 is 0.459 bits per heavy atom. The summed E-state index contributed by atoms with van der Waals surface area (Å²) in [7, 11) is -2.60. The number of amides is 5. The third kappa shape index (κ3) is 43.4. The van der Waals surface area contributed by atoms with Crippen LogP contribution in [-0.4, -0.2) is 372 Å². The monoisotopic (exact) mass is 2220 g/mol. The quantitative estimate of drug-likeness (QED) is 0.0126. The summed E-state index contributed by atoms with van der Waals surface area (Å²) in [6.07, 6.45) is 13.1. The summed E-state index contributed by atoms with van der Waals surface area (Å²) in [6.45, 7) is 70.3. The number of aliphatic hydroxyl groups is 5. The van der Waals surface area contributed by atoms with Crippen molar-refractivity contribution in [3.05, 3.63) is 72.8 Å². The molecule has 6 N–H and O–H groups in total. The van der Waals surface area contributed by atoms with Crippen LogP contribution in [0.15, 0.2) is 61.4 Å². The average Bonchev–Trinajstić information content (AvgIpc) is 0.795. The van der Waals surface area contributed by atoms with E-state index in [1.54, 1.807) is 0 Å². The van der Waals surface area contributed by atoms with E-state index in [0.29, 0.717) is 82.5 Å². The topological polar surface area (TPSA) is 458 Å². The fourth-order valence-electron chi connectivity index (χ4n) is 19.8. The van der Waals surface area contributed by atoms with E-state index in [0.717, 1.165) is 12.8 Å². The zero-order chi connectivity index (χ0) is 117. The zero-order valence-electron chi connectivity index (χ0n) is 103. The minimum Gasteiger partial charge on any atom is -0.870 e. The molecule has 10 rings (SSSR count). The number of rotatable bonds is 38. The normalized spacial score (nSPS) is 25.5. The Morgan fingerprint density at radius 3 is 1.03 bits per heavy atom. The van der Waals surface area contributed by atoms with E-state index in [9.17, 15) is 58.2 Å². The van der Waals surface area contributed by atoms with Crippen molar-refractivity contribution in [2.45, 2.75) is 387 Å². The van der Waals surface area contributed by atoms with Gasteiger partial charge in [0.05, 0.1) is 130 Å². The Labute approximate surface area is 928 Å². The fraction of sp³-hybridized carbons (Fsp3) is 0.796. The molecule has 0 radical (unpaired) electrons. The van der Waals surface area contributed by atoms with Crippen LogP contribution in [0.4, 0.5) is 4.70 Å². The minimum atomic E-state index is -2.14. The molecule has 148 heavy (non-hydrogen) atoms. The van der Waals surface area contributed by atoms with E-state index in [2.05, 4.69) is 222 Å². The van der Waals surface area contributed by atoms with Gasteiger partial charge in [-0.15, -0.1) is 12.3 Å². The second kappa shape index (κ2) is 72.3. The van der Waals surface area contributed by atoms with Gasteiger partial charge >= 0.3 is 29.6 Å². The number of hydrogen-bond donors (Lipinski definition) is 5. The minimum absolute atomic E-state index is 0. The first-order chi connectivity index (χ1) is 72.1. The van der Waals surface area contributed by atoms with Crippen LogP contribution in [0, 0.1) is 6.57 Å². The predicted molar refractivity (Wildman–Crippen MR) is 574 cm³/mol. The average molecular weight is 2230 g/mol. The number of nitrogens with zero attached hydrogens (tertiary/aromatic N) is 8. The van der Waals surface area contributed by atoms with Crippen LogP contribution < -0.4 is 29.6 Å². The first-order valence-electron chi connectivity index (χ1n) is 55.1. The van der Waals surface area contributed by atoms with Crippen molar-refractivity contribution in [3.63, 3.8) is 0 Å². The molecule has 0 aromatic heterocycles. The zero-order valence-corrected chi connectivity index (χ0v) is 101. The summed E-state index contributed by atoms with van der Waals surface area (Å²) in [4.78, 5) is 130. The molecule has 0 saturated carbocycles. The Morgan fingerprint density at radius 2 is 0.743 bits per heavy atom. The van der Waals surface area contributed by atoms with Crippen LogP contribution in [0.1, 0.15) is 271 Å². The molecule has 5 saturated heterocycles. The number of carbonyl (C=O) groups excluding carboxylic acids is 10. The van der Waals surface area contributed by atoms with Gasteiger partial charge in [-0.1, -0.05) is 160 Å². The van der Waals surface area contributed by atoms with Gasteiger partial charge in [0.25, 0.3) is 8.53 Å². The molecule has 5 fully saturated rings. The molecule has 10 aliphatic rings. The van der Waals surface area contributed by atoms with E-state index in [1.165, 1.54) is 134 Å². The van der Waals surface area contributed by atoms with Gasteiger partial charge < -0.3 is 106 Å². The van der Waals surface area contributed by atoms with Crippen molar-refractivity contribution in [1.82, 2.24) is 34.1 Å². The van der Waals surface area contributed by atoms with E-state index in [1.807, 2.05) is 0 Å². The van der Waals surface area contributed by atoms with Crippen LogP contribution in [-0.2, 0) is 113 Å². The summed E-state index contributed by atoms with van der Waals surface area (Å²) in [5, 5.41) is 29.9. The molecule has 10 aliphatic heterocycles. The molecule has 5 amide bonds. The molecule has 45 heteroatoms. The maximum absolute atomic E-state index is 12.3. The Kier molecular flexibility index (Phi) is 65.3. The smallest absolute Gasteiger partial charge is 0.870 e. The van der Waals surface area contributed by atoms with Crippen molar-refractivity contribution in [2.75, 3.05) is 147 Å². The number of ether oxygens (including phenoxy) is 9. The number of ketones is 5. The van der Waals surface area contributed by atoms with E-state index in [-0.39, 0.29) is 249 Å². The summed E-state index contributed by atoms with van der Waals surface area (Å²) in [5.74, 6) is -2.60. The van der Waals surface area contributed by atoms with Gasteiger partial charge in [0.1, 0.15) is 36.4 Å². The first-order valence-corrected chi connectivity index (χ1v) is 57.9. The van der Waals surface area contributed by atoms with Crippen LogP contribution in [0.5, 0.6) is 0 Å². The predicted octanol–water partition coefficient (Wildman–Crippen LogP) is 11.8. The summed E-state index contributed by atoms with van der Waals surface area (Å²) in [5.41, 5.74) is -0.559. The SMILES string of the molecule is CC(C)[Si](OC[C@]1(CO)COC[C@H](N2C=CC(=O)CC2=O)O1)(C(C)C)C(C)C.CCN(CC)CC.CC[C@@]1(CO[Si](C(C)C)(C(C)C)C(C)C)COC[C@H](N2C=CC(=O)CC2=O)O1.F.[2H]C[C@@]1(CO)COC[C@H](N2C=CC(=O)CC2=O)O1.[2H]C[C@@]1(COP(OCC[N+]#[C-])N(C(C)C)C(C)C)CCC[C@H](N2C=CC(=O)CC2=O)O1.[2H]C[C@@]1(CO[Si](C(C)C)(C(C)C)C(C)C)COC[C@H](N2C=CC(=O)CC2=O)O1.[2H]Cl.[3H]C.[3H]OC.[3H]OC.[3H]OC.[Na+].[OH-]. The van der Waals surface area contributed by atoms with Crippen LogP contribution >= 0.6 is 20.8 Å². The molecule has 854 valence electrons. The van der Waals surface area contributed by atoms with E-state index < -0.39 is 92.6 Å². The van der Waals surface area contributed by atoms with Crippen LogP contribution in [0.25, 0.3) is 4.85 Å². The van der Waals surface area contributed by atoms with Gasteiger partial charge in [0, 0.05) is 69.9 Å². The van der Waals surface area contributed by atoms with Crippen LogP contribution in [0.2, 0.25) is 49.9 Å². The fourth-order valence-corrected chi connectivity index (χ4v) is 38.0. The molecule has 0 bridgehead atoms. The van der Waals surface area contributed by atoms with Crippen molar-refractivity contribution in [1.29, 1.82) is 5.47 Å². The molecule has 0 aromatic rings. The first kappa shape index (κ1) is 134. The second-order valence-corrected chi connectivity index (χ2v) is 58.3. The Bertz CT molecular complexity index is 3960. The van der Waals surface area contributed by atoms with Gasteiger partial charge in [-0.05, 0) is 174 Å². The standard InChI is InChI=1S/C21H34N3O5P.C21H37NO5Si.C20H35NO6Si.C20H35NO5Si.C11H15NO5.C6H15N.3CH4O.CH4.ClH.FH.Na.H2O/c1-16(2)24(17(3)4)30(27-13-11-22-6)28-15-21(5)10-7-8-20(29-21)23-12-9-18(25)14-19(23)26;1-8-21(14-26-28(15(2)3,16(4)5)17(6)7)13-25-12-20(27-21)22-10-9-18(23)11-19(22)24;1-14(2)28(15(3)4,16(5)6)26-13-20(11-22)12-25-10-19(27-20)21-8-7-17(23)9-18(21)24;1-14(2)27(15(3)4,16(5)6)25-13-20(7)12-24-11-19(26-20)21-9-8-17(22)10-18(21)23;1-11(6-13)7-16-5-10(17-11)12-3-2-8(14)4-9(12)15;1-4-7(5-2)6-3;3*1-2;;;;;/h9,12,16-17,20H,7-8,10-11,13-15H2,1-5H3;9-10,15-17,20H,8,11-14H2,1-7H3;7-8,14-16,19,22H,9-13H2,1-6H3;8-9,14-16,19H,10-13H2,1-7H3;2-3,10,13H,4-7H2,1H3;4-6H2,1-3H3;3*2H,1H3;1H4;2*1H;;1H2/q;;;;;;;;;;;;+1;/p-1/t20-,21+,30?;20-,21+;2*19-,20+;10-,11-;;;;;;;;;/m11111........./s1/i5D;;;7D;1D;;3*2T;1T;;;;/hD. The summed E-state index contributed by atoms with van der Waals surface area (Å²) in [6, 6.07) is 0.361.